The Labute approximate surface area is 117 Å². The lowest BCUT2D eigenvalue weighted by molar-refractivity contribution is 0.159. The van der Waals surface area contributed by atoms with Gasteiger partial charge in [-0.3, -0.25) is 0 Å². The van der Waals surface area contributed by atoms with Crippen LogP contribution in [0.2, 0.25) is 5.02 Å². The van der Waals surface area contributed by atoms with Crippen molar-refractivity contribution in [3.8, 4) is 0 Å². The third-order valence-electron chi connectivity index (χ3n) is 3.14. The Morgan fingerprint density at radius 1 is 1.42 bits per heavy atom. The van der Waals surface area contributed by atoms with Crippen molar-refractivity contribution in [3.05, 3.63) is 23.2 Å². The largest absolute Gasteiger partial charge is 0.383 e. The SMILES string of the molecule is COCCN(C)CCn1c(N)nc2c(Cl)cccc21. The zero-order valence-electron chi connectivity index (χ0n) is 11.3. The van der Waals surface area contributed by atoms with Gasteiger partial charge in [-0.25, -0.2) is 4.98 Å². The van der Waals surface area contributed by atoms with Gasteiger partial charge in [0.15, 0.2) is 0 Å². The zero-order chi connectivity index (χ0) is 13.8. The summed E-state index contributed by atoms with van der Waals surface area (Å²) in [6.07, 6.45) is 0. The Kier molecular flexibility index (Phi) is 4.63. The lowest BCUT2D eigenvalue weighted by atomic mass is 10.3. The molecule has 2 aromatic rings. The number of imidazole rings is 1. The fourth-order valence-electron chi connectivity index (χ4n) is 2.00. The minimum Gasteiger partial charge on any atom is -0.383 e. The molecule has 0 amide bonds. The van der Waals surface area contributed by atoms with Gasteiger partial charge in [0.25, 0.3) is 0 Å². The first-order chi connectivity index (χ1) is 9.13. The van der Waals surface area contributed by atoms with Crippen LogP contribution in [-0.2, 0) is 11.3 Å². The van der Waals surface area contributed by atoms with E-state index < -0.39 is 0 Å². The van der Waals surface area contributed by atoms with Gasteiger partial charge in [0.1, 0.15) is 5.52 Å². The lowest BCUT2D eigenvalue weighted by Crippen LogP contribution is -2.27. The van der Waals surface area contributed by atoms with Crippen molar-refractivity contribution in [1.82, 2.24) is 14.5 Å². The third-order valence-corrected chi connectivity index (χ3v) is 3.45. The molecule has 0 spiro atoms. The van der Waals surface area contributed by atoms with Gasteiger partial charge in [-0.2, -0.15) is 0 Å². The zero-order valence-corrected chi connectivity index (χ0v) is 12.0. The quantitative estimate of drug-likeness (QED) is 0.878. The van der Waals surface area contributed by atoms with Gasteiger partial charge in [0.2, 0.25) is 5.95 Å². The fraction of sp³-hybridized carbons (Fsp3) is 0.462. The first kappa shape index (κ1) is 14.1. The number of halogens is 1. The normalized spacial score (nSPS) is 11.6. The maximum absolute atomic E-state index is 6.12. The lowest BCUT2D eigenvalue weighted by Gasteiger charge is -2.17. The highest BCUT2D eigenvalue weighted by atomic mass is 35.5. The summed E-state index contributed by atoms with van der Waals surface area (Å²) in [7, 11) is 3.76. The van der Waals surface area contributed by atoms with Crippen molar-refractivity contribution >= 4 is 28.6 Å². The summed E-state index contributed by atoms with van der Waals surface area (Å²) in [5.41, 5.74) is 7.70. The molecule has 1 aromatic heterocycles. The summed E-state index contributed by atoms with van der Waals surface area (Å²) in [6.45, 7) is 3.28. The van der Waals surface area contributed by atoms with Gasteiger partial charge >= 0.3 is 0 Å². The van der Waals surface area contributed by atoms with Gasteiger partial charge in [0, 0.05) is 26.7 Å². The number of fused-ring (bicyclic) bond motifs is 1. The highest BCUT2D eigenvalue weighted by Gasteiger charge is 2.10. The van der Waals surface area contributed by atoms with Crippen LogP contribution >= 0.6 is 11.6 Å². The van der Waals surface area contributed by atoms with E-state index in [1.807, 2.05) is 22.8 Å². The Morgan fingerprint density at radius 3 is 2.95 bits per heavy atom. The molecule has 0 fully saturated rings. The molecule has 0 aliphatic rings. The van der Waals surface area contributed by atoms with Gasteiger partial charge in [0.05, 0.1) is 17.1 Å². The molecule has 19 heavy (non-hydrogen) atoms. The molecule has 6 heteroatoms. The second kappa shape index (κ2) is 6.23. The summed E-state index contributed by atoms with van der Waals surface area (Å²) >= 11 is 6.12. The van der Waals surface area contributed by atoms with E-state index in [0.29, 0.717) is 11.0 Å². The topological polar surface area (TPSA) is 56.3 Å². The van der Waals surface area contributed by atoms with E-state index in [4.69, 9.17) is 22.1 Å². The minimum atomic E-state index is 0.503. The molecule has 0 aliphatic heterocycles. The molecule has 1 heterocycles. The summed E-state index contributed by atoms with van der Waals surface area (Å²) in [4.78, 5) is 6.51. The first-order valence-corrected chi connectivity index (χ1v) is 6.59. The van der Waals surface area contributed by atoms with Crippen LogP contribution in [0.4, 0.5) is 5.95 Å². The number of nitrogen functional groups attached to an aromatic ring is 1. The molecule has 1 aromatic carbocycles. The summed E-state index contributed by atoms with van der Waals surface area (Å²) in [6, 6.07) is 5.72. The molecule has 0 saturated carbocycles. The number of hydrogen-bond donors (Lipinski definition) is 1. The Bertz CT molecular complexity index is 555. The number of hydrogen-bond acceptors (Lipinski definition) is 4. The number of anilines is 1. The molecular weight excluding hydrogens is 264 g/mol. The molecule has 0 saturated heterocycles. The van der Waals surface area contributed by atoms with Crippen molar-refractivity contribution in [2.45, 2.75) is 6.54 Å². The molecule has 0 radical (unpaired) electrons. The molecule has 5 nitrogen and oxygen atoms in total. The number of nitrogens with zero attached hydrogens (tertiary/aromatic N) is 3. The predicted molar refractivity (Wildman–Crippen MR) is 78.5 cm³/mol. The molecule has 0 atom stereocenters. The van der Waals surface area contributed by atoms with Crippen molar-refractivity contribution < 1.29 is 4.74 Å². The predicted octanol–water partition coefficient (Wildman–Crippen LogP) is 1.85. The summed E-state index contributed by atoms with van der Waals surface area (Å²) in [5.74, 6) is 0.503. The van der Waals surface area contributed by atoms with Gasteiger partial charge < -0.3 is 19.9 Å². The maximum atomic E-state index is 6.12. The van der Waals surface area contributed by atoms with E-state index in [-0.39, 0.29) is 0 Å². The molecule has 0 unspecified atom stereocenters. The van der Waals surface area contributed by atoms with Crippen molar-refractivity contribution in [1.29, 1.82) is 0 Å². The number of likely N-dealkylation sites (N-methyl/N-ethyl adjacent to an activating group) is 1. The molecule has 0 bridgehead atoms. The van der Waals surface area contributed by atoms with Gasteiger partial charge in [-0.15, -0.1) is 0 Å². The first-order valence-electron chi connectivity index (χ1n) is 6.21. The second-order valence-corrected chi connectivity index (χ2v) is 4.93. The monoisotopic (exact) mass is 282 g/mol. The summed E-state index contributed by atoms with van der Waals surface area (Å²) < 4.78 is 7.05. The molecule has 0 aliphatic carbocycles. The highest BCUT2D eigenvalue weighted by molar-refractivity contribution is 6.35. The van der Waals surface area contributed by atoms with Crippen LogP contribution in [-0.4, -0.2) is 48.3 Å². The number of aromatic nitrogens is 2. The number of ether oxygens (including phenoxy) is 1. The van der Waals surface area contributed by atoms with Crippen LogP contribution in [0.3, 0.4) is 0 Å². The third kappa shape index (κ3) is 3.18. The van der Waals surface area contributed by atoms with Crippen molar-refractivity contribution in [2.24, 2.45) is 0 Å². The Hall–Kier alpha value is -1.30. The van der Waals surface area contributed by atoms with Crippen LogP contribution in [0.25, 0.3) is 11.0 Å². The standard InChI is InChI=1S/C13H19ClN4O/c1-17(8-9-19-2)6-7-18-11-5-3-4-10(14)12(11)16-13(18)15/h3-5H,6-9H2,1-2H3,(H2,15,16). The van der Waals surface area contributed by atoms with E-state index in [0.717, 1.165) is 37.3 Å². The smallest absolute Gasteiger partial charge is 0.201 e. The minimum absolute atomic E-state index is 0.503. The van der Waals surface area contributed by atoms with Crippen molar-refractivity contribution in [3.63, 3.8) is 0 Å². The maximum Gasteiger partial charge on any atom is 0.201 e. The van der Waals surface area contributed by atoms with Crippen LogP contribution < -0.4 is 5.73 Å². The number of methoxy groups -OCH3 is 1. The van der Waals surface area contributed by atoms with Crippen LogP contribution in [0, 0.1) is 0 Å². The molecular formula is C13H19ClN4O. The van der Waals surface area contributed by atoms with Crippen LogP contribution in [0.1, 0.15) is 0 Å². The van der Waals surface area contributed by atoms with E-state index in [9.17, 15) is 0 Å². The van der Waals surface area contributed by atoms with E-state index >= 15 is 0 Å². The summed E-state index contributed by atoms with van der Waals surface area (Å²) in [5, 5.41) is 0.635. The highest BCUT2D eigenvalue weighted by Crippen LogP contribution is 2.24. The van der Waals surface area contributed by atoms with Crippen molar-refractivity contribution in [2.75, 3.05) is 39.6 Å². The molecule has 104 valence electrons. The average Bonchev–Trinajstić information content (AvgIpc) is 2.71. The van der Waals surface area contributed by atoms with E-state index in [1.54, 1.807) is 7.11 Å². The Morgan fingerprint density at radius 2 is 2.21 bits per heavy atom. The average molecular weight is 283 g/mol. The number of rotatable bonds is 6. The fourth-order valence-corrected chi connectivity index (χ4v) is 2.21. The van der Waals surface area contributed by atoms with Crippen LogP contribution in [0.5, 0.6) is 0 Å². The number of nitrogens with two attached hydrogens (primary N) is 1. The van der Waals surface area contributed by atoms with E-state index in [2.05, 4.69) is 16.9 Å². The molecule has 2 N–H and O–H groups in total. The van der Waals surface area contributed by atoms with Gasteiger partial charge in [-0.1, -0.05) is 17.7 Å². The van der Waals surface area contributed by atoms with E-state index in [1.165, 1.54) is 0 Å². The molecule has 2 rings (SSSR count). The van der Waals surface area contributed by atoms with Gasteiger partial charge in [-0.05, 0) is 19.2 Å². The number of benzene rings is 1. The second-order valence-electron chi connectivity index (χ2n) is 4.53. The Balaban J connectivity index is 2.12. The van der Waals surface area contributed by atoms with Crippen LogP contribution in [0.15, 0.2) is 18.2 Å². The number of para-hydroxylation sites is 1.